The van der Waals surface area contributed by atoms with Crippen LogP contribution in [0.25, 0.3) is 0 Å². The fourth-order valence-electron chi connectivity index (χ4n) is 1.93. The molecule has 5 nitrogen and oxygen atoms in total. The number of carbonyl (C=O) groups excluding carboxylic acids is 2. The van der Waals surface area contributed by atoms with Crippen molar-refractivity contribution in [3.8, 4) is 5.75 Å². The zero-order valence-electron chi connectivity index (χ0n) is 13.1. The van der Waals surface area contributed by atoms with Gasteiger partial charge in [0.1, 0.15) is 5.75 Å². The number of rotatable bonds is 5. The molecule has 1 amide bonds. The number of ether oxygens (including phenoxy) is 2. The van der Waals surface area contributed by atoms with Crippen molar-refractivity contribution in [2.24, 2.45) is 0 Å². The SMILES string of the molecule is COc1cccc(C(=O)OCC(=O)Nc2cccc(C(F)(F)F)c2)c1. The average Bonchev–Trinajstić information content (AvgIpc) is 2.59. The van der Waals surface area contributed by atoms with Gasteiger partial charge in [-0.15, -0.1) is 0 Å². The van der Waals surface area contributed by atoms with Crippen LogP contribution < -0.4 is 10.1 Å². The van der Waals surface area contributed by atoms with Crippen LogP contribution in [0, 0.1) is 0 Å². The first-order valence-electron chi connectivity index (χ1n) is 7.08. The molecular formula is C17H14F3NO4. The molecule has 2 aromatic carbocycles. The van der Waals surface area contributed by atoms with E-state index in [9.17, 15) is 22.8 Å². The van der Waals surface area contributed by atoms with E-state index in [1.165, 1.54) is 31.4 Å². The molecule has 25 heavy (non-hydrogen) atoms. The summed E-state index contributed by atoms with van der Waals surface area (Å²) in [6, 6.07) is 10.3. The lowest BCUT2D eigenvalue weighted by molar-refractivity contribution is -0.137. The smallest absolute Gasteiger partial charge is 0.416 e. The quantitative estimate of drug-likeness (QED) is 0.836. The van der Waals surface area contributed by atoms with Gasteiger partial charge in [-0.05, 0) is 36.4 Å². The van der Waals surface area contributed by atoms with Gasteiger partial charge in [0.05, 0.1) is 18.2 Å². The Morgan fingerprint density at radius 2 is 1.80 bits per heavy atom. The van der Waals surface area contributed by atoms with Crippen molar-refractivity contribution in [3.05, 3.63) is 59.7 Å². The fraction of sp³-hybridized carbons (Fsp3) is 0.176. The van der Waals surface area contributed by atoms with Crippen LogP contribution in [0.2, 0.25) is 0 Å². The van der Waals surface area contributed by atoms with Crippen molar-refractivity contribution in [1.82, 2.24) is 0 Å². The fourth-order valence-corrected chi connectivity index (χ4v) is 1.93. The summed E-state index contributed by atoms with van der Waals surface area (Å²) in [5, 5.41) is 2.24. The standard InChI is InChI=1S/C17H14F3NO4/c1-24-14-7-2-4-11(8-14)16(23)25-10-15(22)21-13-6-3-5-12(9-13)17(18,19)20/h2-9H,10H2,1H3,(H,21,22). The van der Waals surface area contributed by atoms with E-state index in [-0.39, 0.29) is 11.3 Å². The van der Waals surface area contributed by atoms with E-state index in [0.717, 1.165) is 12.1 Å². The third kappa shape index (κ3) is 5.23. The molecule has 0 heterocycles. The number of anilines is 1. The van der Waals surface area contributed by atoms with E-state index in [4.69, 9.17) is 9.47 Å². The third-order valence-electron chi connectivity index (χ3n) is 3.11. The lowest BCUT2D eigenvalue weighted by atomic mass is 10.2. The predicted molar refractivity (Wildman–Crippen MR) is 83.4 cm³/mol. The number of esters is 1. The summed E-state index contributed by atoms with van der Waals surface area (Å²) in [5.41, 5.74) is -0.748. The lowest BCUT2D eigenvalue weighted by Crippen LogP contribution is -2.21. The Balaban J connectivity index is 1.93. The number of hydrogen-bond acceptors (Lipinski definition) is 4. The van der Waals surface area contributed by atoms with E-state index < -0.39 is 30.2 Å². The van der Waals surface area contributed by atoms with Crippen LogP contribution in [0.1, 0.15) is 15.9 Å². The van der Waals surface area contributed by atoms with Crippen LogP contribution in [-0.4, -0.2) is 25.6 Å². The first kappa shape index (κ1) is 18.3. The molecule has 2 rings (SSSR count). The number of benzene rings is 2. The summed E-state index contributed by atoms with van der Waals surface area (Å²) < 4.78 is 47.6. The second-order valence-corrected chi connectivity index (χ2v) is 4.93. The highest BCUT2D eigenvalue weighted by Gasteiger charge is 2.30. The minimum absolute atomic E-state index is 0.0442. The molecule has 0 aromatic heterocycles. The van der Waals surface area contributed by atoms with Gasteiger partial charge in [-0.2, -0.15) is 13.2 Å². The van der Waals surface area contributed by atoms with Crippen LogP contribution >= 0.6 is 0 Å². The molecular weight excluding hydrogens is 339 g/mol. The highest BCUT2D eigenvalue weighted by atomic mass is 19.4. The summed E-state index contributed by atoms with van der Waals surface area (Å²) in [5.74, 6) is -1.06. The van der Waals surface area contributed by atoms with Gasteiger partial charge in [0.2, 0.25) is 0 Å². The molecule has 0 aliphatic carbocycles. The maximum atomic E-state index is 12.6. The van der Waals surface area contributed by atoms with Crippen LogP contribution in [0.5, 0.6) is 5.75 Å². The van der Waals surface area contributed by atoms with Crippen molar-refractivity contribution < 1.29 is 32.2 Å². The molecule has 0 radical (unpaired) electrons. The van der Waals surface area contributed by atoms with E-state index in [1.54, 1.807) is 12.1 Å². The first-order valence-corrected chi connectivity index (χ1v) is 7.08. The molecule has 0 unspecified atom stereocenters. The second kappa shape index (κ2) is 7.69. The van der Waals surface area contributed by atoms with E-state index in [2.05, 4.69) is 5.32 Å². The summed E-state index contributed by atoms with van der Waals surface area (Å²) in [6.07, 6.45) is -4.51. The Labute approximate surface area is 141 Å². The molecule has 0 saturated carbocycles. The molecule has 0 saturated heterocycles. The third-order valence-corrected chi connectivity index (χ3v) is 3.11. The molecule has 2 aromatic rings. The van der Waals surface area contributed by atoms with Gasteiger partial charge >= 0.3 is 12.1 Å². The van der Waals surface area contributed by atoms with Crippen LogP contribution in [-0.2, 0) is 15.7 Å². The van der Waals surface area contributed by atoms with Crippen molar-refractivity contribution >= 4 is 17.6 Å². The van der Waals surface area contributed by atoms with Crippen molar-refractivity contribution in [2.45, 2.75) is 6.18 Å². The summed E-state index contributed by atoms with van der Waals surface area (Å²) in [7, 11) is 1.44. The van der Waals surface area contributed by atoms with Gasteiger partial charge in [-0.3, -0.25) is 4.79 Å². The average molecular weight is 353 g/mol. The molecule has 1 N–H and O–H groups in total. The van der Waals surface area contributed by atoms with Gasteiger partial charge in [0.15, 0.2) is 6.61 Å². The van der Waals surface area contributed by atoms with Crippen LogP contribution in [0.4, 0.5) is 18.9 Å². The number of amides is 1. The Kier molecular flexibility index (Phi) is 5.63. The minimum Gasteiger partial charge on any atom is -0.497 e. The zero-order valence-corrected chi connectivity index (χ0v) is 13.1. The van der Waals surface area contributed by atoms with Crippen molar-refractivity contribution in [1.29, 1.82) is 0 Å². The van der Waals surface area contributed by atoms with E-state index in [0.29, 0.717) is 5.75 Å². The summed E-state index contributed by atoms with van der Waals surface area (Å²) in [4.78, 5) is 23.6. The molecule has 8 heteroatoms. The highest BCUT2D eigenvalue weighted by molar-refractivity contribution is 5.95. The lowest BCUT2D eigenvalue weighted by Gasteiger charge is -2.10. The zero-order chi connectivity index (χ0) is 18.4. The Hall–Kier alpha value is -3.03. The number of alkyl halides is 3. The topological polar surface area (TPSA) is 64.6 Å². The van der Waals surface area contributed by atoms with Gasteiger partial charge in [0.25, 0.3) is 5.91 Å². The normalized spacial score (nSPS) is 10.9. The maximum absolute atomic E-state index is 12.6. The van der Waals surface area contributed by atoms with Gasteiger partial charge in [0, 0.05) is 5.69 Å². The van der Waals surface area contributed by atoms with Crippen LogP contribution in [0.15, 0.2) is 48.5 Å². The molecule has 0 fully saturated rings. The molecule has 0 spiro atoms. The highest BCUT2D eigenvalue weighted by Crippen LogP contribution is 2.30. The minimum atomic E-state index is -4.51. The number of hydrogen-bond donors (Lipinski definition) is 1. The van der Waals surface area contributed by atoms with Crippen LogP contribution in [0.3, 0.4) is 0 Å². The monoisotopic (exact) mass is 353 g/mol. The summed E-state index contributed by atoms with van der Waals surface area (Å²) in [6.45, 7) is -0.633. The largest absolute Gasteiger partial charge is 0.497 e. The van der Waals surface area contributed by atoms with Gasteiger partial charge in [-0.1, -0.05) is 12.1 Å². The number of carbonyl (C=O) groups is 2. The van der Waals surface area contributed by atoms with Gasteiger partial charge in [-0.25, -0.2) is 4.79 Å². The molecule has 0 aliphatic rings. The van der Waals surface area contributed by atoms with Gasteiger partial charge < -0.3 is 14.8 Å². The van der Waals surface area contributed by atoms with Crippen molar-refractivity contribution in [3.63, 3.8) is 0 Å². The Bertz CT molecular complexity index is 774. The maximum Gasteiger partial charge on any atom is 0.416 e. The second-order valence-electron chi connectivity index (χ2n) is 4.93. The Morgan fingerprint density at radius 1 is 1.08 bits per heavy atom. The molecule has 0 atom stereocenters. The van der Waals surface area contributed by atoms with Crippen molar-refractivity contribution in [2.75, 3.05) is 19.0 Å². The van der Waals surface area contributed by atoms with E-state index >= 15 is 0 Å². The number of methoxy groups -OCH3 is 1. The molecule has 132 valence electrons. The first-order chi connectivity index (χ1) is 11.8. The predicted octanol–water partition coefficient (Wildman–Crippen LogP) is 3.51. The molecule has 0 bridgehead atoms. The number of halogens is 3. The van der Waals surface area contributed by atoms with E-state index in [1.807, 2.05) is 0 Å². The molecule has 0 aliphatic heterocycles. The summed E-state index contributed by atoms with van der Waals surface area (Å²) >= 11 is 0. The Morgan fingerprint density at radius 3 is 2.48 bits per heavy atom. The number of nitrogens with one attached hydrogen (secondary N) is 1.